The summed E-state index contributed by atoms with van der Waals surface area (Å²) >= 11 is 5.82. The maximum Gasteiger partial charge on any atom is 0.224 e. The molecule has 1 aromatic carbocycles. The molecular formula is C13H16ClNO2. The van der Waals surface area contributed by atoms with Crippen LogP contribution >= 0.6 is 11.6 Å². The Hall–Kier alpha value is -1.22. The second-order valence-corrected chi connectivity index (χ2v) is 4.76. The molecule has 2 rings (SSSR count). The fourth-order valence-electron chi connectivity index (χ4n) is 1.75. The van der Waals surface area contributed by atoms with Gasteiger partial charge < -0.3 is 10.1 Å². The lowest BCUT2D eigenvalue weighted by molar-refractivity contribution is -0.121. The van der Waals surface area contributed by atoms with Gasteiger partial charge in [0.25, 0.3) is 0 Å². The molecule has 1 saturated carbocycles. The van der Waals surface area contributed by atoms with Crippen LogP contribution in [-0.4, -0.2) is 24.4 Å². The van der Waals surface area contributed by atoms with Crippen molar-refractivity contribution in [2.24, 2.45) is 0 Å². The Labute approximate surface area is 106 Å². The zero-order chi connectivity index (χ0) is 12.3. The Morgan fingerprint density at radius 1 is 1.53 bits per heavy atom. The predicted octanol–water partition coefficient (Wildman–Crippen LogP) is 2.13. The first-order chi connectivity index (χ1) is 8.17. The van der Waals surface area contributed by atoms with Crippen molar-refractivity contribution in [1.82, 2.24) is 5.32 Å². The fourth-order valence-corrected chi connectivity index (χ4v) is 2.08. The van der Waals surface area contributed by atoms with E-state index in [1.54, 1.807) is 7.11 Å². The number of hydrogen-bond acceptors (Lipinski definition) is 2. The third kappa shape index (κ3) is 3.13. The van der Waals surface area contributed by atoms with E-state index in [9.17, 15) is 4.79 Å². The molecule has 1 aromatic rings. The molecule has 4 heteroatoms. The molecule has 1 fully saturated rings. The molecule has 92 valence electrons. The van der Waals surface area contributed by atoms with E-state index < -0.39 is 0 Å². The van der Waals surface area contributed by atoms with Crippen molar-refractivity contribution in [2.45, 2.75) is 24.8 Å². The van der Waals surface area contributed by atoms with E-state index in [0.717, 1.165) is 24.2 Å². The number of rotatable bonds is 5. The molecule has 3 nitrogen and oxygen atoms in total. The number of carbonyl (C=O) groups excluding carboxylic acids is 1. The molecular weight excluding hydrogens is 238 g/mol. The molecule has 0 bridgehead atoms. The largest absolute Gasteiger partial charge is 0.497 e. The normalized spacial score (nSPS) is 16.4. The van der Waals surface area contributed by atoms with E-state index in [1.165, 1.54) is 0 Å². The predicted molar refractivity (Wildman–Crippen MR) is 67.5 cm³/mol. The molecule has 0 aliphatic heterocycles. The van der Waals surface area contributed by atoms with Crippen LogP contribution < -0.4 is 10.1 Å². The lowest BCUT2D eigenvalue weighted by atomic mass is 10.1. The van der Waals surface area contributed by atoms with Crippen LogP contribution in [0.4, 0.5) is 0 Å². The maximum atomic E-state index is 11.8. The molecule has 0 atom stereocenters. The molecule has 0 heterocycles. The van der Waals surface area contributed by atoms with Gasteiger partial charge in [0.15, 0.2) is 0 Å². The SMILES string of the molecule is COc1cccc(CC(=O)NC2(CCl)CC2)c1. The number of amides is 1. The van der Waals surface area contributed by atoms with Crippen LogP contribution in [0.5, 0.6) is 5.75 Å². The zero-order valence-electron chi connectivity index (χ0n) is 9.83. The summed E-state index contributed by atoms with van der Waals surface area (Å²) in [4.78, 5) is 11.8. The van der Waals surface area contributed by atoms with Crippen molar-refractivity contribution in [2.75, 3.05) is 13.0 Å². The number of carbonyl (C=O) groups is 1. The summed E-state index contributed by atoms with van der Waals surface area (Å²) in [5, 5.41) is 2.99. The topological polar surface area (TPSA) is 38.3 Å². The Morgan fingerprint density at radius 3 is 2.88 bits per heavy atom. The highest BCUT2D eigenvalue weighted by Gasteiger charge is 2.42. The summed E-state index contributed by atoms with van der Waals surface area (Å²) in [5.74, 6) is 1.29. The molecule has 1 N–H and O–H groups in total. The number of benzene rings is 1. The second-order valence-electron chi connectivity index (χ2n) is 4.49. The Bertz CT molecular complexity index is 416. The second kappa shape index (κ2) is 4.96. The van der Waals surface area contributed by atoms with E-state index in [-0.39, 0.29) is 11.4 Å². The smallest absolute Gasteiger partial charge is 0.224 e. The summed E-state index contributed by atoms with van der Waals surface area (Å²) in [5.41, 5.74) is 0.824. The van der Waals surface area contributed by atoms with Crippen LogP contribution in [-0.2, 0) is 11.2 Å². The number of hydrogen-bond donors (Lipinski definition) is 1. The molecule has 1 aliphatic carbocycles. The van der Waals surface area contributed by atoms with Gasteiger partial charge in [-0.2, -0.15) is 0 Å². The average Bonchev–Trinajstić information content (AvgIpc) is 3.09. The Balaban J connectivity index is 1.93. The van der Waals surface area contributed by atoms with Gasteiger partial charge in [0.2, 0.25) is 5.91 Å². The first-order valence-corrected chi connectivity index (χ1v) is 6.21. The molecule has 0 unspecified atom stereocenters. The molecule has 1 amide bonds. The van der Waals surface area contributed by atoms with Crippen LogP contribution in [0, 0.1) is 0 Å². The number of methoxy groups -OCH3 is 1. The van der Waals surface area contributed by atoms with Crippen LogP contribution in [0.1, 0.15) is 18.4 Å². The molecule has 0 spiro atoms. The van der Waals surface area contributed by atoms with Gasteiger partial charge in [-0.25, -0.2) is 0 Å². The lowest BCUT2D eigenvalue weighted by Gasteiger charge is -2.14. The summed E-state index contributed by atoms with van der Waals surface area (Å²) in [6.07, 6.45) is 2.34. The van der Waals surface area contributed by atoms with Gasteiger partial charge in [0.05, 0.1) is 19.1 Å². The maximum absolute atomic E-state index is 11.8. The highest BCUT2D eigenvalue weighted by atomic mass is 35.5. The first kappa shape index (κ1) is 12.2. The van der Waals surface area contributed by atoms with Crippen molar-refractivity contribution in [1.29, 1.82) is 0 Å². The van der Waals surface area contributed by atoms with Gasteiger partial charge in [-0.15, -0.1) is 11.6 Å². The molecule has 0 aromatic heterocycles. The minimum atomic E-state index is -0.127. The van der Waals surface area contributed by atoms with Crippen LogP contribution in [0.3, 0.4) is 0 Å². The van der Waals surface area contributed by atoms with E-state index >= 15 is 0 Å². The third-order valence-corrected chi connectivity index (χ3v) is 3.52. The quantitative estimate of drug-likeness (QED) is 0.817. The third-order valence-electron chi connectivity index (χ3n) is 3.01. The number of alkyl halides is 1. The Kier molecular flexibility index (Phi) is 3.57. The summed E-state index contributed by atoms with van der Waals surface area (Å²) in [6.45, 7) is 0. The van der Waals surface area contributed by atoms with Crippen LogP contribution in [0.15, 0.2) is 24.3 Å². The van der Waals surface area contributed by atoms with E-state index in [1.807, 2.05) is 24.3 Å². The van der Waals surface area contributed by atoms with Crippen LogP contribution in [0.25, 0.3) is 0 Å². The average molecular weight is 254 g/mol. The first-order valence-electron chi connectivity index (χ1n) is 5.67. The molecule has 1 aliphatic rings. The molecule has 17 heavy (non-hydrogen) atoms. The van der Waals surface area contributed by atoms with Gasteiger partial charge in [0, 0.05) is 5.88 Å². The van der Waals surface area contributed by atoms with Crippen molar-refractivity contribution in [3.63, 3.8) is 0 Å². The fraction of sp³-hybridized carbons (Fsp3) is 0.462. The molecule has 0 radical (unpaired) electrons. The lowest BCUT2D eigenvalue weighted by Crippen LogP contribution is -2.39. The summed E-state index contributed by atoms with van der Waals surface area (Å²) < 4.78 is 5.12. The van der Waals surface area contributed by atoms with E-state index in [2.05, 4.69) is 5.32 Å². The number of nitrogens with one attached hydrogen (secondary N) is 1. The Morgan fingerprint density at radius 2 is 2.29 bits per heavy atom. The van der Waals surface area contributed by atoms with Crippen molar-refractivity contribution < 1.29 is 9.53 Å². The van der Waals surface area contributed by atoms with Crippen LogP contribution in [0.2, 0.25) is 0 Å². The van der Waals surface area contributed by atoms with E-state index in [0.29, 0.717) is 12.3 Å². The van der Waals surface area contributed by atoms with Gasteiger partial charge in [-0.3, -0.25) is 4.79 Å². The van der Waals surface area contributed by atoms with Gasteiger partial charge in [-0.05, 0) is 30.5 Å². The molecule has 0 saturated heterocycles. The van der Waals surface area contributed by atoms with Gasteiger partial charge in [0.1, 0.15) is 5.75 Å². The monoisotopic (exact) mass is 253 g/mol. The standard InChI is InChI=1S/C13H16ClNO2/c1-17-11-4-2-3-10(7-11)8-12(16)15-13(9-14)5-6-13/h2-4,7H,5-6,8-9H2,1H3,(H,15,16). The van der Waals surface area contributed by atoms with Gasteiger partial charge >= 0.3 is 0 Å². The number of ether oxygens (including phenoxy) is 1. The summed E-state index contributed by atoms with van der Waals surface area (Å²) in [7, 11) is 1.62. The van der Waals surface area contributed by atoms with E-state index in [4.69, 9.17) is 16.3 Å². The highest BCUT2D eigenvalue weighted by Crippen LogP contribution is 2.36. The van der Waals surface area contributed by atoms with Crippen molar-refractivity contribution in [3.8, 4) is 5.75 Å². The number of halogens is 1. The van der Waals surface area contributed by atoms with Crippen molar-refractivity contribution >= 4 is 17.5 Å². The minimum Gasteiger partial charge on any atom is -0.497 e. The van der Waals surface area contributed by atoms with Gasteiger partial charge in [-0.1, -0.05) is 12.1 Å². The highest BCUT2D eigenvalue weighted by molar-refractivity contribution is 6.19. The van der Waals surface area contributed by atoms with Crippen molar-refractivity contribution in [3.05, 3.63) is 29.8 Å². The summed E-state index contributed by atoms with van der Waals surface area (Å²) in [6, 6.07) is 7.54. The zero-order valence-corrected chi connectivity index (χ0v) is 10.6. The minimum absolute atomic E-state index is 0.0244.